The zero-order chi connectivity index (χ0) is 23.1. The molecule has 1 atom stereocenters. The van der Waals surface area contributed by atoms with Crippen molar-refractivity contribution in [1.82, 2.24) is 19.3 Å². The van der Waals surface area contributed by atoms with E-state index in [1.54, 1.807) is 30.6 Å². The van der Waals surface area contributed by atoms with Gasteiger partial charge in [0.2, 0.25) is 0 Å². The summed E-state index contributed by atoms with van der Waals surface area (Å²) in [4.78, 5) is 17.5. The van der Waals surface area contributed by atoms with Crippen LogP contribution in [0.5, 0.6) is 0 Å². The second-order valence-corrected chi connectivity index (χ2v) is 8.36. The maximum Gasteiger partial charge on any atom is 0.274 e. The number of aryl methyl sites for hydroxylation is 2. The third-order valence-corrected chi connectivity index (χ3v) is 6.01. The summed E-state index contributed by atoms with van der Waals surface area (Å²) in [7, 11) is 0. The predicted molar refractivity (Wildman–Crippen MR) is 127 cm³/mol. The van der Waals surface area contributed by atoms with Gasteiger partial charge >= 0.3 is 0 Å². The van der Waals surface area contributed by atoms with E-state index in [4.69, 9.17) is 0 Å². The van der Waals surface area contributed by atoms with Gasteiger partial charge in [-0.3, -0.25) is 4.79 Å². The number of rotatable bonds is 5. The number of halogens is 1. The Morgan fingerprint density at radius 1 is 0.970 bits per heavy atom. The van der Waals surface area contributed by atoms with E-state index >= 15 is 0 Å². The molecule has 5 aromatic rings. The molecule has 1 unspecified atom stereocenters. The summed E-state index contributed by atoms with van der Waals surface area (Å²) < 4.78 is 16.6. The average molecular weight is 442 g/mol. The van der Waals surface area contributed by atoms with Gasteiger partial charge in [-0.1, -0.05) is 18.2 Å². The Balaban J connectivity index is 1.51. The molecular weight excluding hydrogens is 419 g/mol. The van der Waals surface area contributed by atoms with Gasteiger partial charge in [0, 0.05) is 10.9 Å². The molecule has 0 aliphatic heterocycles. The topological polar surface area (TPSA) is 72.9 Å². The molecule has 0 fully saturated rings. The van der Waals surface area contributed by atoms with E-state index in [0.29, 0.717) is 22.0 Å². The zero-order valence-corrected chi connectivity index (χ0v) is 18.4. The number of fused-ring (bicyclic) bond motifs is 2. The highest BCUT2D eigenvalue weighted by molar-refractivity contribution is 5.93. The van der Waals surface area contributed by atoms with Crippen molar-refractivity contribution < 1.29 is 9.50 Å². The van der Waals surface area contributed by atoms with Crippen molar-refractivity contribution in [3.8, 4) is 11.3 Å². The molecule has 0 saturated heterocycles. The Kier molecular flexibility index (Phi) is 5.26. The van der Waals surface area contributed by atoms with Crippen LogP contribution in [0.4, 0.5) is 4.39 Å². The molecule has 33 heavy (non-hydrogen) atoms. The first-order chi connectivity index (χ1) is 15.9. The Morgan fingerprint density at radius 3 is 2.42 bits per heavy atom. The highest BCUT2D eigenvalue weighted by Gasteiger charge is 2.16. The summed E-state index contributed by atoms with van der Waals surface area (Å²) in [5.41, 5.74) is 5.09. The number of nitrogens with zero attached hydrogens (tertiary/aromatic N) is 4. The summed E-state index contributed by atoms with van der Waals surface area (Å²) in [5, 5.41) is 16.6. The van der Waals surface area contributed by atoms with Gasteiger partial charge in [0.05, 0.1) is 47.6 Å². The van der Waals surface area contributed by atoms with E-state index in [0.717, 1.165) is 22.2 Å². The Hall–Kier alpha value is -3.84. The second-order valence-electron chi connectivity index (χ2n) is 8.36. The van der Waals surface area contributed by atoms with Crippen LogP contribution in [0.25, 0.3) is 33.1 Å². The number of aliphatic hydroxyl groups is 1. The van der Waals surface area contributed by atoms with Gasteiger partial charge in [-0.25, -0.2) is 14.1 Å². The first-order valence-electron chi connectivity index (χ1n) is 10.8. The Bertz CT molecular complexity index is 1540. The Morgan fingerprint density at radius 2 is 1.67 bits per heavy atom. The van der Waals surface area contributed by atoms with Gasteiger partial charge in [0.25, 0.3) is 5.56 Å². The van der Waals surface area contributed by atoms with Crippen molar-refractivity contribution in [3.63, 3.8) is 0 Å². The van der Waals surface area contributed by atoms with Crippen molar-refractivity contribution >= 4 is 21.8 Å². The molecule has 0 saturated carbocycles. The fourth-order valence-electron chi connectivity index (χ4n) is 4.12. The highest BCUT2D eigenvalue weighted by Crippen LogP contribution is 2.25. The molecule has 0 aliphatic rings. The monoisotopic (exact) mass is 442 g/mol. The highest BCUT2D eigenvalue weighted by atomic mass is 19.1. The molecule has 3 aromatic carbocycles. The van der Waals surface area contributed by atoms with Crippen LogP contribution >= 0.6 is 0 Å². The molecule has 7 heteroatoms. The first kappa shape index (κ1) is 21.0. The maximum absolute atomic E-state index is 13.5. The number of hydrogen-bond acceptors (Lipinski definition) is 4. The average Bonchev–Trinajstić information content (AvgIpc) is 3.18. The van der Waals surface area contributed by atoms with Crippen molar-refractivity contribution in [3.05, 3.63) is 94.3 Å². The van der Waals surface area contributed by atoms with E-state index < -0.39 is 6.10 Å². The lowest BCUT2D eigenvalue weighted by atomic mass is 10.1. The second kappa shape index (κ2) is 8.26. The van der Waals surface area contributed by atoms with E-state index in [2.05, 4.69) is 16.1 Å². The number of imidazole rings is 1. The van der Waals surface area contributed by atoms with Crippen LogP contribution in [-0.2, 0) is 13.1 Å². The van der Waals surface area contributed by atoms with Gasteiger partial charge in [-0.15, -0.1) is 0 Å². The molecule has 5 rings (SSSR count). The van der Waals surface area contributed by atoms with Crippen LogP contribution in [0.15, 0.2) is 71.8 Å². The normalized spacial score (nSPS) is 12.5. The number of benzene rings is 3. The molecule has 166 valence electrons. The first-order valence-corrected chi connectivity index (χ1v) is 10.8. The van der Waals surface area contributed by atoms with Crippen LogP contribution in [0.2, 0.25) is 0 Å². The largest absolute Gasteiger partial charge is 0.389 e. The van der Waals surface area contributed by atoms with Crippen LogP contribution in [0.3, 0.4) is 0 Å². The van der Waals surface area contributed by atoms with Gasteiger partial charge in [0.15, 0.2) is 0 Å². The number of aromatic nitrogens is 4. The molecule has 0 amide bonds. The standard InChI is InChI=1S/C26H23FN4O2/c1-16-11-23-24(12-17(16)2)30(15-28-23)13-20(32)14-31-26(33)22-6-4-3-5-21(22)25(29-31)18-7-9-19(27)10-8-18/h3-12,15,20,32H,13-14H2,1-2H3. The molecule has 0 bridgehead atoms. The predicted octanol–water partition coefficient (Wildman–Crippen LogP) is 4.23. The van der Waals surface area contributed by atoms with Gasteiger partial charge < -0.3 is 9.67 Å². The lowest BCUT2D eigenvalue weighted by molar-refractivity contribution is 0.130. The molecular formula is C26H23FN4O2. The lowest BCUT2D eigenvalue weighted by Gasteiger charge is -2.16. The van der Waals surface area contributed by atoms with E-state index in [1.807, 2.05) is 36.6 Å². The minimum atomic E-state index is -0.864. The maximum atomic E-state index is 13.5. The van der Waals surface area contributed by atoms with Crippen molar-refractivity contribution in [1.29, 1.82) is 0 Å². The summed E-state index contributed by atoms with van der Waals surface area (Å²) in [6.45, 7) is 4.37. The van der Waals surface area contributed by atoms with E-state index in [-0.39, 0.29) is 24.5 Å². The quantitative estimate of drug-likeness (QED) is 0.442. The molecule has 0 radical (unpaired) electrons. The van der Waals surface area contributed by atoms with Crippen LogP contribution in [0, 0.1) is 19.7 Å². The van der Waals surface area contributed by atoms with Crippen molar-refractivity contribution in [2.24, 2.45) is 0 Å². The fourth-order valence-corrected chi connectivity index (χ4v) is 4.12. The van der Waals surface area contributed by atoms with Crippen LogP contribution in [0.1, 0.15) is 11.1 Å². The summed E-state index contributed by atoms with van der Waals surface area (Å²) in [6, 6.07) is 17.3. The van der Waals surface area contributed by atoms with Crippen molar-refractivity contribution in [2.45, 2.75) is 33.0 Å². The van der Waals surface area contributed by atoms with Crippen LogP contribution in [-0.4, -0.2) is 30.5 Å². The minimum Gasteiger partial charge on any atom is -0.389 e. The fraction of sp³-hybridized carbons (Fsp3) is 0.192. The molecule has 1 N–H and O–H groups in total. The van der Waals surface area contributed by atoms with E-state index in [1.165, 1.54) is 16.8 Å². The lowest BCUT2D eigenvalue weighted by Crippen LogP contribution is -2.31. The number of hydrogen-bond donors (Lipinski definition) is 1. The molecule has 0 aliphatic carbocycles. The van der Waals surface area contributed by atoms with Crippen molar-refractivity contribution in [2.75, 3.05) is 0 Å². The number of aliphatic hydroxyl groups excluding tert-OH is 1. The third-order valence-electron chi connectivity index (χ3n) is 6.01. The molecule has 0 spiro atoms. The summed E-state index contributed by atoms with van der Waals surface area (Å²) >= 11 is 0. The van der Waals surface area contributed by atoms with Gasteiger partial charge in [-0.2, -0.15) is 5.10 Å². The zero-order valence-electron chi connectivity index (χ0n) is 18.4. The minimum absolute atomic E-state index is 0.0162. The molecule has 2 heterocycles. The molecule has 2 aromatic heterocycles. The Labute approximate surface area is 189 Å². The third kappa shape index (κ3) is 3.91. The molecule has 6 nitrogen and oxygen atoms in total. The smallest absolute Gasteiger partial charge is 0.274 e. The summed E-state index contributed by atoms with van der Waals surface area (Å²) in [5.74, 6) is -0.343. The van der Waals surface area contributed by atoms with Gasteiger partial charge in [-0.05, 0) is 67.4 Å². The van der Waals surface area contributed by atoms with Crippen LogP contribution < -0.4 is 5.56 Å². The van der Waals surface area contributed by atoms with Gasteiger partial charge in [0.1, 0.15) is 5.82 Å². The van der Waals surface area contributed by atoms with E-state index in [9.17, 15) is 14.3 Å². The SMILES string of the molecule is Cc1cc2ncn(CC(O)Cn3nc(-c4ccc(F)cc4)c4ccccc4c3=O)c2cc1C. The summed E-state index contributed by atoms with van der Waals surface area (Å²) in [6.07, 6.45) is 0.837.